The van der Waals surface area contributed by atoms with Crippen LogP contribution in [0.15, 0.2) is 0 Å². The van der Waals surface area contributed by atoms with E-state index in [-0.39, 0.29) is 18.4 Å². The van der Waals surface area contributed by atoms with Crippen molar-refractivity contribution in [3.63, 3.8) is 0 Å². The zero-order valence-corrected chi connectivity index (χ0v) is 8.70. The fourth-order valence-corrected chi connectivity index (χ4v) is 2.00. The molecule has 2 saturated heterocycles. The van der Waals surface area contributed by atoms with Gasteiger partial charge in [-0.3, -0.25) is 14.5 Å². The largest absolute Gasteiger partial charge is 0.371 e. The second-order valence-electron chi connectivity index (χ2n) is 4.06. The van der Waals surface area contributed by atoms with E-state index in [1.165, 1.54) is 4.90 Å². The van der Waals surface area contributed by atoms with Crippen molar-refractivity contribution in [3.8, 4) is 0 Å². The van der Waals surface area contributed by atoms with Crippen LogP contribution in [0.25, 0.3) is 0 Å². The molecule has 1 atom stereocenters. The van der Waals surface area contributed by atoms with Crippen LogP contribution >= 0.6 is 0 Å². The predicted octanol–water partition coefficient (Wildman–Crippen LogP) is -0.629. The van der Waals surface area contributed by atoms with Gasteiger partial charge in [-0.1, -0.05) is 0 Å². The maximum Gasteiger partial charge on any atom is 0.255 e. The first kappa shape index (κ1) is 10.6. The molecule has 5 heteroatoms. The summed E-state index contributed by atoms with van der Waals surface area (Å²) in [4.78, 5) is 24.6. The molecule has 84 valence electrons. The zero-order chi connectivity index (χ0) is 10.7. The molecule has 1 N–H and O–H groups in total. The van der Waals surface area contributed by atoms with Crippen molar-refractivity contribution in [1.82, 2.24) is 10.2 Å². The number of rotatable bonds is 2. The molecule has 2 amide bonds. The monoisotopic (exact) mass is 212 g/mol. The van der Waals surface area contributed by atoms with Crippen LogP contribution in [0.1, 0.15) is 12.8 Å². The van der Waals surface area contributed by atoms with Crippen molar-refractivity contribution >= 4 is 11.8 Å². The highest BCUT2D eigenvalue weighted by atomic mass is 16.5. The summed E-state index contributed by atoms with van der Waals surface area (Å²) in [6, 6.07) is 0. The van der Waals surface area contributed by atoms with Crippen LogP contribution in [0, 0.1) is 5.92 Å². The Labute approximate surface area is 88.8 Å². The van der Waals surface area contributed by atoms with E-state index >= 15 is 0 Å². The molecule has 0 spiro atoms. The minimum absolute atomic E-state index is 0.0475. The van der Waals surface area contributed by atoms with Gasteiger partial charge in [-0.25, -0.2) is 0 Å². The number of ether oxygens (including phenoxy) is 1. The Balaban J connectivity index is 1.96. The Morgan fingerprint density at radius 2 is 2.27 bits per heavy atom. The Bertz CT molecular complexity index is 243. The van der Waals surface area contributed by atoms with Crippen molar-refractivity contribution in [3.05, 3.63) is 0 Å². The van der Waals surface area contributed by atoms with Crippen LogP contribution in [0.3, 0.4) is 0 Å². The van der Waals surface area contributed by atoms with Gasteiger partial charge < -0.3 is 10.1 Å². The van der Waals surface area contributed by atoms with Crippen molar-refractivity contribution in [2.45, 2.75) is 12.8 Å². The minimum Gasteiger partial charge on any atom is -0.371 e. The molecule has 2 fully saturated rings. The number of carbonyl (C=O) groups is 2. The number of carbonyl (C=O) groups excluding carboxylic acids is 2. The van der Waals surface area contributed by atoms with Crippen molar-refractivity contribution in [2.75, 3.05) is 32.8 Å². The van der Waals surface area contributed by atoms with Crippen molar-refractivity contribution < 1.29 is 14.3 Å². The Morgan fingerprint density at radius 1 is 1.40 bits per heavy atom. The highest BCUT2D eigenvalue weighted by Gasteiger charge is 2.28. The molecule has 0 radical (unpaired) electrons. The number of hydrogen-bond donors (Lipinski definition) is 1. The number of hydrogen-bond acceptors (Lipinski definition) is 4. The SMILES string of the molecule is O=C1CCOCC(=O)N1CC1CCNC1. The van der Waals surface area contributed by atoms with Crippen LogP contribution < -0.4 is 5.32 Å². The number of amides is 2. The molecule has 1 unspecified atom stereocenters. The molecule has 0 saturated carbocycles. The fourth-order valence-electron chi connectivity index (χ4n) is 2.00. The van der Waals surface area contributed by atoms with E-state index in [1.54, 1.807) is 0 Å². The molecule has 0 aromatic carbocycles. The molecule has 2 aliphatic rings. The quantitative estimate of drug-likeness (QED) is 0.619. The van der Waals surface area contributed by atoms with E-state index in [9.17, 15) is 9.59 Å². The van der Waals surface area contributed by atoms with E-state index in [4.69, 9.17) is 4.74 Å². The lowest BCUT2D eigenvalue weighted by molar-refractivity contribution is -0.144. The van der Waals surface area contributed by atoms with E-state index in [1.807, 2.05) is 0 Å². The first-order chi connectivity index (χ1) is 7.27. The van der Waals surface area contributed by atoms with Crippen LogP contribution in [0.4, 0.5) is 0 Å². The van der Waals surface area contributed by atoms with Gasteiger partial charge in [-0.2, -0.15) is 0 Å². The van der Waals surface area contributed by atoms with Crippen LogP contribution in [-0.2, 0) is 14.3 Å². The molecular formula is C10H16N2O3. The summed E-state index contributed by atoms with van der Waals surface area (Å²) in [5.74, 6) is 0.129. The highest BCUT2D eigenvalue weighted by Crippen LogP contribution is 2.12. The lowest BCUT2D eigenvalue weighted by atomic mass is 10.1. The molecule has 0 aliphatic carbocycles. The van der Waals surface area contributed by atoms with Crippen LogP contribution in [-0.4, -0.2) is 49.6 Å². The lowest BCUT2D eigenvalue weighted by Crippen LogP contribution is -2.40. The average Bonchev–Trinajstić information content (AvgIpc) is 2.67. The number of imide groups is 1. The average molecular weight is 212 g/mol. The Morgan fingerprint density at radius 3 is 3.00 bits per heavy atom. The zero-order valence-electron chi connectivity index (χ0n) is 8.70. The molecule has 15 heavy (non-hydrogen) atoms. The normalized spacial score (nSPS) is 28.3. The van der Waals surface area contributed by atoms with E-state index in [0.29, 0.717) is 25.5 Å². The van der Waals surface area contributed by atoms with E-state index in [2.05, 4.69) is 5.32 Å². The first-order valence-corrected chi connectivity index (χ1v) is 5.39. The van der Waals surface area contributed by atoms with E-state index < -0.39 is 0 Å². The maximum absolute atomic E-state index is 11.6. The second-order valence-corrected chi connectivity index (χ2v) is 4.06. The number of nitrogens with zero attached hydrogens (tertiary/aromatic N) is 1. The predicted molar refractivity (Wildman–Crippen MR) is 53.1 cm³/mol. The van der Waals surface area contributed by atoms with Crippen molar-refractivity contribution in [1.29, 1.82) is 0 Å². The van der Waals surface area contributed by atoms with Gasteiger partial charge in [0.2, 0.25) is 5.91 Å². The Hall–Kier alpha value is -0.940. The Kier molecular flexibility index (Phi) is 3.33. The van der Waals surface area contributed by atoms with Gasteiger partial charge in [0.15, 0.2) is 0 Å². The van der Waals surface area contributed by atoms with Gasteiger partial charge in [-0.05, 0) is 25.4 Å². The summed E-state index contributed by atoms with van der Waals surface area (Å²) in [5.41, 5.74) is 0. The minimum atomic E-state index is -0.190. The summed E-state index contributed by atoms with van der Waals surface area (Å²) in [5, 5.41) is 3.23. The second kappa shape index (κ2) is 4.72. The molecule has 2 rings (SSSR count). The van der Waals surface area contributed by atoms with Crippen LogP contribution in [0.2, 0.25) is 0 Å². The third-order valence-electron chi connectivity index (χ3n) is 2.89. The number of nitrogens with one attached hydrogen (secondary N) is 1. The molecule has 0 aromatic heterocycles. The van der Waals surface area contributed by atoms with Gasteiger partial charge in [0, 0.05) is 6.54 Å². The molecule has 5 nitrogen and oxygen atoms in total. The van der Waals surface area contributed by atoms with Gasteiger partial charge in [0.05, 0.1) is 13.0 Å². The summed E-state index contributed by atoms with van der Waals surface area (Å²) >= 11 is 0. The smallest absolute Gasteiger partial charge is 0.255 e. The van der Waals surface area contributed by atoms with Gasteiger partial charge >= 0.3 is 0 Å². The molecular weight excluding hydrogens is 196 g/mol. The maximum atomic E-state index is 11.6. The summed E-state index contributed by atoms with van der Waals surface area (Å²) in [6.45, 7) is 2.85. The van der Waals surface area contributed by atoms with Crippen LogP contribution in [0.5, 0.6) is 0 Å². The highest BCUT2D eigenvalue weighted by molar-refractivity contribution is 5.96. The third kappa shape index (κ3) is 2.54. The molecule has 0 bridgehead atoms. The molecule has 0 aromatic rings. The van der Waals surface area contributed by atoms with Crippen molar-refractivity contribution in [2.24, 2.45) is 5.92 Å². The standard InChI is InChI=1S/C10H16N2O3/c13-9-2-4-15-7-10(14)12(9)6-8-1-3-11-5-8/h8,11H,1-7H2. The summed E-state index contributed by atoms with van der Waals surface area (Å²) < 4.78 is 5.04. The van der Waals surface area contributed by atoms with Gasteiger partial charge in [0.1, 0.15) is 6.61 Å². The fraction of sp³-hybridized carbons (Fsp3) is 0.800. The lowest BCUT2D eigenvalue weighted by Gasteiger charge is -2.21. The molecule has 2 heterocycles. The third-order valence-corrected chi connectivity index (χ3v) is 2.89. The first-order valence-electron chi connectivity index (χ1n) is 5.39. The van der Waals surface area contributed by atoms with Gasteiger partial charge in [0.25, 0.3) is 5.91 Å². The topological polar surface area (TPSA) is 58.6 Å². The summed E-state index contributed by atoms with van der Waals surface area (Å²) in [6.07, 6.45) is 1.36. The summed E-state index contributed by atoms with van der Waals surface area (Å²) in [7, 11) is 0. The molecule has 2 aliphatic heterocycles. The van der Waals surface area contributed by atoms with E-state index in [0.717, 1.165) is 19.5 Å². The van der Waals surface area contributed by atoms with Gasteiger partial charge in [-0.15, -0.1) is 0 Å².